The molecule has 2 atom stereocenters. The summed E-state index contributed by atoms with van der Waals surface area (Å²) in [6, 6.07) is 0.0978. The molecule has 26 heavy (non-hydrogen) atoms. The summed E-state index contributed by atoms with van der Waals surface area (Å²) in [5.74, 6) is -0.540. The second kappa shape index (κ2) is 9.05. The molecule has 0 aliphatic heterocycles. The Morgan fingerprint density at radius 2 is 1.69 bits per heavy atom. The Kier molecular flexibility index (Phi) is 7.66. The number of esters is 1. The van der Waals surface area contributed by atoms with Gasteiger partial charge in [0.2, 0.25) is 5.91 Å². The molecule has 2 amide bonds. The van der Waals surface area contributed by atoms with Crippen molar-refractivity contribution in [2.75, 3.05) is 19.8 Å². The van der Waals surface area contributed by atoms with Gasteiger partial charge >= 0.3 is 12.1 Å². The van der Waals surface area contributed by atoms with Crippen LogP contribution in [-0.2, 0) is 19.1 Å². The van der Waals surface area contributed by atoms with Gasteiger partial charge in [-0.1, -0.05) is 27.4 Å². The van der Waals surface area contributed by atoms with Gasteiger partial charge in [0.1, 0.15) is 13.2 Å². The third-order valence-electron chi connectivity index (χ3n) is 4.41. The number of nitrogens with one attached hydrogen (secondary N) is 2. The molecule has 1 fully saturated rings. The van der Waals surface area contributed by atoms with Crippen LogP contribution in [0, 0.1) is 10.8 Å². The monoisotopic (exact) mass is 368 g/mol. The van der Waals surface area contributed by atoms with E-state index >= 15 is 0 Å². The minimum atomic E-state index is -0.544. The Labute approximate surface area is 155 Å². The molecule has 2 N–H and O–H groups in total. The number of alkyl carbamates (subject to hydrolysis) is 1. The van der Waals surface area contributed by atoms with Crippen LogP contribution in [0.3, 0.4) is 0 Å². The fraction of sp³-hybridized carbons (Fsp3) is 0.737. The van der Waals surface area contributed by atoms with Crippen molar-refractivity contribution in [3.63, 3.8) is 0 Å². The number of ether oxygens (including phenoxy) is 2. The van der Waals surface area contributed by atoms with E-state index in [0.717, 1.165) is 19.3 Å². The van der Waals surface area contributed by atoms with Crippen LogP contribution in [0.25, 0.3) is 0 Å². The summed E-state index contributed by atoms with van der Waals surface area (Å²) in [6.45, 7) is 13.4. The maximum absolute atomic E-state index is 11.9. The van der Waals surface area contributed by atoms with E-state index in [9.17, 15) is 14.4 Å². The highest BCUT2D eigenvalue weighted by atomic mass is 16.6. The van der Waals surface area contributed by atoms with Crippen LogP contribution >= 0.6 is 0 Å². The first-order valence-electron chi connectivity index (χ1n) is 8.93. The van der Waals surface area contributed by atoms with E-state index in [1.807, 2.05) is 0 Å². The third kappa shape index (κ3) is 7.89. The predicted octanol–water partition coefficient (Wildman–Crippen LogP) is 2.55. The van der Waals surface area contributed by atoms with Crippen molar-refractivity contribution in [2.24, 2.45) is 10.8 Å². The van der Waals surface area contributed by atoms with Crippen molar-refractivity contribution < 1.29 is 23.9 Å². The Morgan fingerprint density at radius 1 is 1.08 bits per heavy atom. The summed E-state index contributed by atoms with van der Waals surface area (Å²) >= 11 is 0. The van der Waals surface area contributed by atoms with E-state index in [2.05, 4.69) is 38.0 Å². The maximum Gasteiger partial charge on any atom is 0.407 e. The van der Waals surface area contributed by atoms with Crippen molar-refractivity contribution in [1.29, 1.82) is 0 Å². The first kappa shape index (κ1) is 22.0. The van der Waals surface area contributed by atoms with Crippen LogP contribution in [0.15, 0.2) is 12.2 Å². The SMILES string of the molecule is C=C(C)C(=O)OCCOC(=O)NCC1(C)CC(NC(C)=O)CC(C)(C)C1. The number of rotatable bonds is 7. The van der Waals surface area contributed by atoms with Gasteiger partial charge in [-0.2, -0.15) is 0 Å². The van der Waals surface area contributed by atoms with Crippen LogP contribution in [0.4, 0.5) is 4.79 Å². The van der Waals surface area contributed by atoms with Crippen LogP contribution in [0.1, 0.15) is 53.9 Å². The lowest BCUT2D eigenvalue weighted by molar-refractivity contribution is -0.139. The first-order chi connectivity index (χ1) is 11.9. The van der Waals surface area contributed by atoms with Crippen LogP contribution in [0.2, 0.25) is 0 Å². The molecule has 0 aromatic rings. The van der Waals surface area contributed by atoms with E-state index in [1.54, 1.807) is 6.92 Å². The average molecular weight is 368 g/mol. The summed E-state index contributed by atoms with van der Waals surface area (Å²) in [6.07, 6.45) is 2.11. The van der Waals surface area contributed by atoms with Gasteiger partial charge in [0, 0.05) is 25.1 Å². The van der Waals surface area contributed by atoms with Gasteiger partial charge < -0.3 is 20.1 Å². The molecule has 1 saturated carbocycles. The van der Waals surface area contributed by atoms with Crippen LogP contribution < -0.4 is 10.6 Å². The third-order valence-corrected chi connectivity index (χ3v) is 4.41. The second-order valence-corrected chi connectivity index (χ2v) is 8.36. The van der Waals surface area contributed by atoms with Crippen LogP contribution in [-0.4, -0.2) is 43.8 Å². The van der Waals surface area contributed by atoms with Crippen LogP contribution in [0.5, 0.6) is 0 Å². The summed E-state index contributed by atoms with van der Waals surface area (Å²) in [5.41, 5.74) is 0.235. The molecule has 0 bridgehead atoms. The molecule has 2 unspecified atom stereocenters. The summed E-state index contributed by atoms with van der Waals surface area (Å²) < 4.78 is 9.89. The molecule has 7 heteroatoms. The van der Waals surface area contributed by atoms with E-state index in [1.165, 1.54) is 6.92 Å². The number of amides is 2. The predicted molar refractivity (Wildman–Crippen MR) is 98.5 cm³/mol. The lowest BCUT2D eigenvalue weighted by atomic mass is 9.62. The quantitative estimate of drug-likeness (QED) is 0.409. The van der Waals surface area contributed by atoms with Gasteiger partial charge in [0.05, 0.1) is 0 Å². The van der Waals surface area contributed by atoms with Gasteiger partial charge in [-0.3, -0.25) is 4.79 Å². The molecule has 0 heterocycles. The maximum atomic E-state index is 11.9. The van der Waals surface area contributed by atoms with Crippen molar-refractivity contribution in [1.82, 2.24) is 10.6 Å². The summed E-state index contributed by atoms with van der Waals surface area (Å²) in [7, 11) is 0. The largest absolute Gasteiger partial charge is 0.459 e. The van der Waals surface area contributed by atoms with E-state index in [4.69, 9.17) is 9.47 Å². The fourth-order valence-electron chi connectivity index (χ4n) is 3.89. The highest BCUT2D eigenvalue weighted by Gasteiger charge is 2.41. The van der Waals surface area contributed by atoms with Gasteiger partial charge in [-0.25, -0.2) is 9.59 Å². The highest BCUT2D eigenvalue weighted by Crippen LogP contribution is 2.45. The highest BCUT2D eigenvalue weighted by molar-refractivity contribution is 5.86. The van der Waals surface area contributed by atoms with Gasteiger partial charge in [0.25, 0.3) is 0 Å². The molecule has 0 spiro atoms. The molecule has 0 radical (unpaired) electrons. The lowest BCUT2D eigenvalue weighted by Crippen LogP contribution is -2.50. The zero-order valence-corrected chi connectivity index (χ0v) is 16.6. The van der Waals surface area contributed by atoms with Gasteiger partial charge in [-0.05, 0) is 37.0 Å². The zero-order chi connectivity index (χ0) is 20.0. The van der Waals surface area contributed by atoms with E-state index < -0.39 is 12.1 Å². The molecule has 7 nitrogen and oxygen atoms in total. The minimum Gasteiger partial charge on any atom is -0.459 e. The second-order valence-electron chi connectivity index (χ2n) is 8.36. The topological polar surface area (TPSA) is 93.7 Å². The van der Waals surface area contributed by atoms with Crippen molar-refractivity contribution in [2.45, 2.75) is 59.9 Å². The molecule has 1 rings (SSSR count). The summed E-state index contributed by atoms with van der Waals surface area (Å²) in [4.78, 5) is 34.5. The number of carbonyl (C=O) groups excluding carboxylic acids is 3. The zero-order valence-electron chi connectivity index (χ0n) is 16.6. The van der Waals surface area contributed by atoms with E-state index in [0.29, 0.717) is 12.1 Å². The number of hydrogen-bond acceptors (Lipinski definition) is 5. The standard InChI is InChI=1S/C19H32N2O5/c1-13(2)16(23)25-7-8-26-17(24)20-12-19(6)10-15(21-14(3)22)9-18(4,5)11-19/h15H,1,7-12H2,2-6H3,(H,20,24)(H,21,22). The lowest BCUT2D eigenvalue weighted by Gasteiger charge is -2.46. The molecule has 0 aromatic carbocycles. The Bertz CT molecular complexity index is 558. The summed E-state index contributed by atoms with van der Waals surface area (Å²) in [5, 5.41) is 5.79. The molecular formula is C19H32N2O5. The molecule has 0 saturated heterocycles. The molecule has 0 aromatic heterocycles. The first-order valence-corrected chi connectivity index (χ1v) is 8.93. The number of carbonyl (C=O) groups is 3. The Morgan fingerprint density at radius 3 is 2.27 bits per heavy atom. The molecule has 148 valence electrons. The Balaban J connectivity index is 2.43. The van der Waals surface area contributed by atoms with E-state index in [-0.39, 0.29) is 36.0 Å². The van der Waals surface area contributed by atoms with Gasteiger partial charge in [0.15, 0.2) is 0 Å². The Hall–Kier alpha value is -2.05. The van der Waals surface area contributed by atoms with Crippen molar-refractivity contribution >= 4 is 18.0 Å². The molecule has 1 aliphatic carbocycles. The smallest absolute Gasteiger partial charge is 0.407 e. The van der Waals surface area contributed by atoms with Crippen molar-refractivity contribution in [3.8, 4) is 0 Å². The number of hydrogen-bond donors (Lipinski definition) is 2. The van der Waals surface area contributed by atoms with Crippen molar-refractivity contribution in [3.05, 3.63) is 12.2 Å². The van der Waals surface area contributed by atoms with Gasteiger partial charge in [-0.15, -0.1) is 0 Å². The molecule has 1 aliphatic rings. The fourth-order valence-corrected chi connectivity index (χ4v) is 3.89. The molecular weight excluding hydrogens is 336 g/mol. The minimum absolute atomic E-state index is 0.00593. The average Bonchev–Trinajstić information content (AvgIpc) is 2.46. The normalized spacial score (nSPS) is 24.3.